The second kappa shape index (κ2) is 7.79. The number of benzene rings is 2. The number of amides is 3. The van der Waals surface area contributed by atoms with Crippen LogP contribution in [0.15, 0.2) is 54.6 Å². The summed E-state index contributed by atoms with van der Waals surface area (Å²) in [5.41, 5.74) is 1.44. The van der Waals surface area contributed by atoms with Crippen molar-refractivity contribution in [1.82, 2.24) is 10.2 Å². The van der Waals surface area contributed by atoms with E-state index in [0.717, 1.165) is 29.7 Å². The van der Waals surface area contributed by atoms with E-state index in [2.05, 4.69) is 16.7 Å². The molecular formula is C25H24N4O3. The fourth-order valence-corrected chi connectivity index (χ4v) is 4.86. The van der Waals surface area contributed by atoms with Gasteiger partial charge in [-0.1, -0.05) is 48.5 Å². The molecule has 2 aliphatic heterocycles. The molecule has 2 aromatic rings. The van der Waals surface area contributed by atoms with Crippen LogP contribution in [0.25, 0.3) is 0 Å². The van der Waals surface area contributed by atoms with Crippen molar-refractivity contribution in [3.05, 3.63) is 65.7 Å². The molecular weight excluding hydrogens is 404 g/mol. The van der Waals surface area contributed by atoms with Gasteiger partial charge >= 0.3 is 0 Å². The standard InChI is InChI=1S/C25H24N4O3/c26-14-18-13-25(20-8-4-5-9-21(20)28-24(25)32)15-29(18)23(31)19(22(30)27-17-10-11-17)12-16-6-2-1-3-7-16/h1-9,17-19H,10-13,15H2,(H,27,30)(H,28,32)/t18-,19+,25-/m0/s1. The van der Waals surface area contributed by atoms with Gasteiger partial charge in [0.1, 0.15) is 12.0 Å². The first-order valence-electron chi connectivity index (χ1n) is 11.0. The third-order valence-corrected chi connectivity index (χ3v) is 6.74. The zero-order chi connectivity index (χ0) is 22.3. The Kier molecular flexibility index (Phi) is 4.93. The second-order valence-corrected chi connectivity index (χ2v) is 8.92. The first kappa shape index (κ1) is 20.3. The number of nitrogens with one attached hydrogen (secondary N) is 2. The Morgan fingerprint density at radius 1 is 1.16 bits per heavy atom. The summed E-state index contributed by atoms with van der Waals surface area (Å²) in [7, 11) is 0. The van der Waals surface area contributed by atoms with E-state index in [4.69, 9.17) is 0 Å². The van der Waals surface area contributed by atoms with E-state index >= 15 is 0 Å². The third-order valence-electron chi connectivity index (χ3n) is 6.74. The molecule has 2 N–H and O–H groups in total. The van der Waals surface area contributed by atoms with Gasteiger partial charge in [-0.05, 0) is 36.5 Å². The molecule has 2 fully saturated rings. The van der Waals surface area contributed by atoms with Crippen molar-refractivity contribution in [3.8, 4) is 6.07 Å². The lowest BCUT2D eigenvalue weighted by Crippen LogP contribution is -2.48. The van der Waals surface area contributed by atoms with Crippen molar-refractivity contribution in [3.63, 3.8) is 0 Å². The molecule has 7 heteroatoms. The summed E-state index contributed by atoms with van der Waals surface area (Å²) in [6, 6.07) is 18.4. The van der Waals surface area contributed by atoms with Crippen LogP contribution in [0.5, 0.6) is 0 Å². The number of hydrogen-bond acceptors (Lipinski definition) is 4. The van der Waals surface area contributed by atoms with Crippen molar-refractivity contribution in [2.75, 3.05) is 11.9 Å². The Bertz CT molecular complexity index is 1120. The SMILES string of the molecule is N#C[C@@H]1C[C@@]2(CN1C(=O)[C@H](Cc1ccccc1)C(=O)NC1CC1)C(=O)Nc1ccccc12. The molecule has 3 amide bonds. The van der Waals surface area contributed by atoms with Gasteiger partial charge in [0, 0.05) is 24.7 Å². The fourth-order valence-electron chi connectivity index (χ4n) is 4.86. The summed E-state index contributed by atoms with van der Waals surface area (Å²) in [5.74, 6) is -1.84. The maximum atomic E-state index is 13.7. The van der Waals surface area contributed by atoms with Gasteiger partial charge in [-0.2, -0.15) is 5.26 Å². The minimum atomic E-state index is -0.961. The van der Waals surface area contributed by atoms with E-state index in [1.165, 1.54) is 4.90 Å². The predicted octanol–water partition coefficient (Wildman–Crippen LogP) is 2.14. The van der Waals surface area contributed by atoms with E-state index in [9.17, 15) is 19.6 Å². The summed E-state index contributed by atoms with van der Waals surface area (Å²) >= 11 is 0. The lowest BCUT2D eigenvalue weighted by molar-refractivity contribution is -0.142. The molecule has 0 radical (unpaired) electrons. The maximum Gasteiger partial charge on any atom is 0.237 e. The van der Waals surface area contributed by atoms with Gasteiger partial charge in [0.15, 0.2) is 0 Å². The fraction of sp³-hybridized carbons (Fsp3) is 0.360. The Hall–Kier alpha value is -3.66. The summed E-state index contributed by atoms with van der Waals surface area (Å²) in [4.78, 5) is 41.2. The summed E-state index contributed by atoms with van der Waals surface area (Å²) in [5, 5.41) is 15.7. The second-order valence-electron chi connectivity index (χ2n) is 8.92. The monoisotopic (exact) mass is 428 g/mol. The molecule has 0 aromatic heterocycles. The summed E-state index contributed by atoms with van der Waals surface area (Å²) in [6.45, 7) is 0.0922. The molecule has 0 bridgehead atoms. The van der Waals surface area contributed by atoms with Gasteiger partial charge in [0.05, 0.1) is 11.5 Å². The number of hydrogen-bond donors (Lipinski definition) is 2. The number of nitrogens with zero attached hydrogens (tertiary/aromatic N) is 2. The highest BCUT2D eigenvalue weighted by molar-refractivity contribution is 6.08. The Morgan fingerprint density at radius 2 is 1.88 bits per heavy atom. The van der Waals surface area contributed by atoms with Gasteiger partial charge in [0.25, 0.3) is 0 Å². The molecule has 2 heterocycles. The zero-order valence-corrected chi connectivity index (χ0v) is 17.6. The number of nitriles is 1. The molecule has 0 unspecified atom stereocenters. The normalized spacial score (nSPS) is 24.5. The van der Waals surface area contributed by atoms with Crippen molar-refractivity contribution >= 4 is 23.4 Å². The molecule has 5 rings (SSSR count). The van der Waals surface area contributed by atoms with Gasteiger partial charge in [0.2, 0.25) is 17.7 Å². The molecule has 1 saturated carbocycles. The molecule has 1 saturated heterocycles. The highest BCUT2D eigenvalue weighted by atomic mass is 16.2. The van der Waals surface area contributed by atoms with Crippen molar-refractivity contribution in [1.29, 1.82) is 5.26 Å². The topological polar surface area (TPSA) is 102 Å². The summed E-state index contributed by atoms with van der Waals surface area (Å²) < 4.78 is 0. The van der Waals surface area contributed by atoms with Crippen LogP contribution in [0.1, 0.15) is 30.4 Å². The highest BCUT2D eigenvalue weighted by Crippen LogP contribution is 2.46. The first-order chi connectivity index (χ1) is 15.5. The first-order valence-corrected chi connectivity index (χ1v) is 11.0. The van der Waals surface area contributed by atoms with Crippen LogP contribution in [0.4, 0.5) is 5.69 Å². The zero-order valence-electron chi connectivity index (χ0n) is 17.6. The molecule has 3 atom stereocenters. The smallest absolute Gasteiger partial charge is 0.237 e. The highest BCUT2D eigenvalue weighted by Gasteiger charge is 2.56. The van der Waals surface area contributed by atoms with Gasteiger partial charge in [-0.25, -0.2) is 0 Å². The number of carbonyl (C=O) groups excluding carboxylic acids is 3. The van der Waals surface area contributed by atoms with Gasteiger partial charge in [-0.3, -0.25) is 14.4 Å². The van der Waals surface area contributed by atoms with Crippen molar-refractivity contribution in [2.45, 2.75) is 43.2 Å². The quantitative estimate of drug-likeness (QED) is 0.713. The average Bonchev–Trinajstić information content (AvgIpc) is 3.47. The van der Waals surface area contributed by atoms with Crippen molar-refractivity contribution < 1.29 is 14.4 Å². The van der Waals surface area contributed by atoms with Crippen LogP contribution in [0.3, 0.4) is 0 Å². The molecule has 2 aromatic carbocycles. The van der Waals surface area contributed by atoms with E-state index in [1.807, 2.05) is 54.6 Å². The lowest BCUT2D eigenvalue weighted by atomic mass is 9.80. The number of para-hydroxylation sites is 1. The summed E-state index contributed by atoms with van der Waals surface area (Å²) in [6.07, 6.45) is 2.31. The van der Waals surface area contributed by atoms with Crippen LogP contribution in [0, 0.1) is 17.2 Å². The number of rotatable bonds is 5. The van der Waals surface area contributed by atoms with Crippen molar-refractivity contribution in [2.24, 2.45) is 5.92 Å². The van der Waals surface area contributed by atoms with Crippen LogP contribution in [0.2, 0.25) is 0 Å². The van der Waals surface area contributed by atoms with Crippen LogP contribution < -0.4 is 10.6 Å². The Labute approximate surface area is 186 Å². The van der Waals surface area contributed by atoms with Gasteiger partial charge < -0.3 is 15.5 Å². The number of carbonyl (C=O) groups is 3. The molecule has 1 aliphatic carbocycles. The Morgan fingerprint density at radius 3 is 2.59 bits per heavy atom. The van der Waals surface area contributed by atoms with E-state index in [0.29, 0.717) is 0 Å². The maximum absolute atomic E-state index is 13.7. The molecule has 7 nitrogen and oxygen atoms in total. The molecule has 162 valence electrons. The van der Waals surface area contributed by atoms with Gasteiger partial charge in [-0.15, -0.1) is 0 Å². The molecule has 32 heavy (non-hydrogen) atoms. The van der Waals surface area contributed by atoms with E-state index in [-0.39, 0.29) is 37.2 Å². The van der Waals surface area contributed by atoms with Crippen LogP contribution in [-0.4, -0.2) is 41.2 Å². The number of anilines is 1. The third kappa shape index (κ3) is 3.42. The van der Waals surface area contributed by atoms with Crippen LogP contribution >= 0.6 is 0 Å². The minimum Gasteiger partial charge on any atom is -0.353 e. The van der Waals surface area contributed by atoms with E-state index < -0.39 is 23.3 Å². The molecule has 3 aliphatic rings. The molecule has 1 spiro atoms. The minimum absolute atomic E-state index is 0.0922. The van der Waals surface area contributed by atoms with E-state index in [1.54, 1.807) is 0 Å². The lowest BCUT2D eigenvalue weighted by Gasteiger charge is -2.26. The average molecular weight is 428 g/mol. The Balaban J connectivity index is 1.45. The van der Waals surface area contributed by atoms with Crippen LogP contribution in [-0.2, 0) is 26.2 Å². The predicted molar refractivity (Wildman–Crippen MR) is 117 cm³/mol. The largest absolute Gasteiger partial charge is 0.353 e. The number of fused-ring (bicyclic) bond motifs is 2. The number of likely N-dealkylation sites (tertiary alicyclic amines) is 1.